The van der Waals surface area contributed by atoms with Gasteiger partial charge in [0.25, 0.3) is 0 Å². The van der Waals surface area contributed by atoms with Crippen molar-refractivity contribution in [2.75, 3.05) is 20.3 Å². The number of carbonyl (C=O) groups excluding carboxylic acids is 3. The van der Waals surface area contributed by atoms with Crippen molar-refractivity contribution in [3.8, 4) is 0 Å². The van der Waals surface area contributed by atoms with Gasteiger partial charge in [0, 0.05) is 20.1 Å². The number of esters is 1. The SMILES string of the molecule is C=CCCC[C@H](Cc1ccccc1)C(=O)O[C@@H](c1ccccc1)[C@H](COC)NC(=O)[C@H](CC=C)CC(=O)N1Cc2ccccc2C[C@H]1CO. The molecule has 2 N–H and O–H groups in total. The monoisotopic (exact) mass is 666 g/mol. The lowest BCUT2D eigenvalue weighted by Gasteiger charge is -2.37. The van der Waals surface area contributed by atoms with E-state index in [2.05, 4.69) is 18.5 Å². The molecule has 0 saturated carbocycles. The number of hydrogen-bond acceptors (Lipinski definition) is 6. The van der Waals surface area contributed by atoms with Gasteiger partial charge in [-0.1, -0.05) is 97.1 Å². The van der Waals surface area contributed by atoms with Crippen molar-refractivity contribution in [2.24, 2.45) is 11.8 Å². The molecular formula is C41H50N2O6. The maximum atomic E-state index is 14.0. The van der Waals surface area contributed by atoms with Crippen molar-refractivity contribution < 1.29 is 29.0 Å². The molecule has 1 aliphatic heterocycles. The summed E-state index contributed by atoms with van der Waals surface area (Å²) in [7, 11) is 1.53. The summed E-state index contributed by atoms with van der Waals surface area (Å²) < 4.78 is 11.9. The number of nitrogens with one attached hydrogen (secondary N) is 1. The first-order chi connectivity index (χ1) is 23.9. The van der Waals surface area contributed by atoms with Gasteiger partial charge in [-0.05, 0) is 60.8 Å². The second-order valence-corrected chi connectivity index (χ2v) is 12.7. The van der Waals surface area contributed by atoms with Gasteiger partial charge in [-0.25, -0.2) is 0 Å². The van der Waals surface area contributed by atoms with Crippen LogP contribution in [0.3, 0.4) is 0 Å². The third-order valence-electron chi connectivity index (χ3n) is 9.16. The number of fused-ring (bicyclic) bond motifs is 1. The highest BCUT2D eigenvalue weighted by molar-refractivity contribution is 5.86. The van der Waals surface area contributed by atoms with E-state index in [1.807, 2.05) is 91.0 Å². The highest BCUT2D eigenvalue weighted by Gasteiger charge is 2.35. The third-order valence-corrected chi connectivity index (χ3v) is 9.16. The van der Waals surface area contributed by atoms with Gasteiger partial charge in [0.05, 0.1) is 37.1 Å². The molecule has 49 heavy (non-hydrogen) atoms. The molecule has 2 amide bonds. The molecule has 8 heteroatoms. The van der Waals surface area contributed by atoms with Crippen LogP contribution in [0.5, 0.6) is 0 Å². The summed E-state index contributed by atoms with van der Waals surface area (Å²) in [5.41, 5.74) is 3.91. The quantitative estimate of drug-likeness (QED) is 0.0905. The topological polar surface area (TPSA) is 105 Å². The lowest BCUT2D eigenvalue weighted by molar-refractivity contribution is -0.158. The average Bonchev–Trinajstić information content (AvgIpc) is 3.13. The molecule has 3 aromatic carbocycles. The number of aliphatic hydroxyl groups excluding tert-OH is 1. The smallest absolute Gasteiger partial charge is 0.309 e. The van der Waals surface area contributed by atoms with Crippen LogP contribution in [0.25, 0.3) is 0 Å². The van der Waals surface area contributed by atoms with Crippen molar-refractivity contribution in [3.63, 3.8) is 0 Å². The van der Waals surface area contributed by atoms with Gasteiger partial charge >= 0.3 is 5.97 Å². The van der Waals surface area contributed by atoms with Crippen LogP contribution in [-0.4, -0.2) is 60.2 Å². The van der Waals surface area contributed by atoms with Crippen LogP contribution in [0.15, 0.2) is 110 Å². The first-order valence-electron chi connectivity index (χ1n) is 17.2. The number of unbranched alkanes of at least 4 members (excludes halogenated alkanes) is 1. The number of aliphatic hydroxyl groups is 1. The molecule has 0 aromatic heterocycles. The Balaban J connectivity index is 1.54. The lowest BCUT2D eigenvalue weighted by Crippen LogP contribution is -2.49. The number of amides is 2. The maximum Gasteiger partial charge on any atom is 0.309 e. The average molecular weight is 667 g/mol. The number of allylic oxidation sites excluding steroid dienone is 2. The third kappa shape index (κ3) is 10.7. The van der Waals surface area contributed by atoms with Crippen LogP contribution in [0.1, 0.15) is 60.5 Å². The van der Waals surface area contributed by atoms with Crippen molar-refractivity contribution in [2.45, 2.75) is 69.7 Å². The number of benzene rings is 3. The lowest BCUT2D eigenvalue weighted by atomic mass is 9.92. The summed E-state index contributed by atoms with van der Waals surface area (Å²) in [6.07, 6.45) is 6.13. The van der Waals surface area contributed by atoms with Gasteiger partial charge < -0.3 is 24.8 Å². The molecule has 0 radical (unpaired) electrons. The van der Waals surface area contributed by atoms with Crippen molar-refractivity contribution in [1.82, 2.24) is 10.2 Å². The number of ether oxygens (including phenoxy) is 2. The Labute approximate surface area is 290 Å². The normalized spacial score (nSPS) is 16.4. The zero-order valence-electron chi connectivity index (χ0n) is 28.5. The van der Waals surface area contributed by atoms with Crippen LogP contribution in [0.2, 0.25) is 0 Å². The molecule has 0 bridgehead atoms. The number of nitrogens with zero attached hydrogens (tertiary/aromatic N) is 1. The van der Waals surface area contributed by atoms with Gasteiger partial charge in [0.2, 0.25) is 11.8 Å². The van der Waals surface area contributed by atoms with Crippen LogP contribution < -0.4 is 5.32 Å². The predicted molar refractivity (Wildman–Crippen MR) is 191 cm³/mol. The zero-order valence-corrected chi connectivity index (χ0v) is 28.5. The van der Waals surface area contributed by atoms with Crippen LogP contribution >= 0.6 is 0 Å². The zero-order chi connectivity index (χ0) is 35.0. The summed E-state index contributed by atoms with van der Waals surface area (Å²) in [5, 5.41) is 13.2. The molecule has 0 spiro atoms. The summed E-state index contributed by atoms with van der Waals surface area (Å²) in [6.45, 7) is 7.94. The van der Waals surface area contributed by atoms with E-state index in [0.29, 0.717) is 25.8 Å². The van der Waals surface area contributed by atoms with E-state index in [1.165, 1.54) is 7.11 Å². The maximum absolute atomic E-state index is 14.0. The summed E-state index contributed by atoms with van der Waals surface area (Å²) in [6, 6.07) is 26.0. The van der Waals surface area contributed by atoms with E-state index in [-0.39, 0.29) is 49.9 Å². The van der Waals surface area contributed by atoms with Gasteiger partial charge in [-0.2, -0.15) is 0 Å². The number of carbonyl (C=O) groups is 3. The summed E-state index contributed by atoms with van der Waals surface area (Å²) in [4.78, 5) is 43.3. The van der Waals surface area contributed by atoms with Gasteiger partial charge in [0.1, 0.15) is 6.10 Å². The second-order valence-electron chi connectivity index (χ2n) is 12.7. The fourth-order valence-electron chi connectivity index (χ4n) is 6.50. The summed E-state index contributed by atoms with van der Waals surface area (Å²) in [5.74, 6) is -2.05. The molecule has 8 nitrogen and oxygen atoms in total. The van der Waals surface area contributed by atoms with E-state index < -0.39 is 24.0 Å². The van der Waals surface area contributed by atoms with E-state index in [1.54, 1.807) is 11.0 Å². The van der Waals surface area contributed by atoms with E-state index in [9.17, 15) is 19.5 Å². The van der Waals surface area contributed by atoms with E-state index >= 15 is 0 Å². The minimum absolute atomic E-state index is 0.0610. The van der Waals surface area contributed by atoms with Crippen molar-refractivity contribution >= 4 is 17.8 Å². The van der Waals surface area contributed by atoms with Gasteiger partial charge in [-0.15, -0.1) is 13.2 Å². The molecule has 260 valence electrons. The van der Waals surface area contributed by atoms with Crippen molar-refractivity contribution in [3.05, 3.63) is 132 Å². The predicted octanol–water partition coefficient (Wildman–Crippen LogP) is 6.15. The minimum atomic E-state index is -0.840. The van der Waals surface area contributed by atoms with E-state index in [4.69, 9.17) is 9.47 Å². The first kappa shape index (κ1) is 37.3. The molecule has 1 heterocycles. The largest absolute Gasteiger partial charge is 0.455 e. The highest BCUT2D eigenvalue weighted by Crippen LogP contribution is 2.28. The molecule has 1 aliphatic rings. The molecule has 0 unspecified atom stereocenters. The molecule has 0 fully saturated rings. The number of hydrogen-bond donors (Lipinski definition) is 2. The number of rotatable bonds is 19. The second kappa shape index (κ2) is 19.5. The Morgan fingerprint density at radius 2 is 1.61 bits per heavy atom. The summed E-state index contributed by atoms with van der Waals surface area (Å²) >= 11 is 0. The van der Waals surface area contributed by atoms with Gasteiger partial charge in [0.15, 0.2) is 0 Å². The molecule has 3 aromatic rings. The van der Waals surface area contributed by atoms with Crippen LogP contribution in [-0.2, 0) is 43.2 Å². The fourth-order valence-corrected chi connectivity index (χ4v) is 6.50. The first-order valence-corrected chi connectivity index (χ1v) is 17.2. The Bertz CT molecular complexity index is 1510. The Hall–Kier alpha value is -4.53. The molecular weight excluding hydrogens is 616 g/mol. The molecule has 4 rings (SSSR count). The van der Waals surface area contributed by atoms with Crippen LogP contribution in [0.4, 0.5) is 0 Å². The van der Waals surface area contributed by atoms with Crippen LogP contribution in [0, 0.1) is 11.8 Å². The Kier molecular flexibility index (Phi) is 14.8. The molecule has 0 saturated heterocycles. The Morgan fingerprint density at radius 1 is 0.939 bits per heavy atom. The Morgan fingerprint density at radius 3 is 2.27 bits per heavy atom. The van der Waals surface area contributed by atoms with Crippen molar-refractivity contribution in [1.29, 1.82) is 0 Å². The molecule has 0 aliphatic carbocycles. The number of methoxy groups -OCH3 is 1. The van der Waals surface area contributed by atoms with Gasteiger partial charge in [-0.3, -0.25) is 14.4 Å². The standard InChI is InChI=1S/C41H50N2O6/c1-4-6-9-22-34(24-30-17-10-7-11-18-30)41(47)49-39(31-19-12-8-13-20-31)37(29-48-3)42-40(46)33(16-5-2)26-38(45)43-27-35-23-15-14-21-32(35)25-36(43)28-44/h4-5,7-8,10-15,17-21,23,33-34,36-37,39,44H,1-2,6,9,16,22,24-29H2,3H3,(H,42,46)/t33-,34-,36+,37+,39+/m1/s1. The fraction of sp³-hybridized carbons (Fsp3) is 0.390. The minimum Gasteiger partial charge on any atom is -0.455 e. The molecule has 5 atom stereocenters. The van der Waals surface area contributed by atoms with E-state index in [0.717, 1.165) is 35.1 Å². The highest BCUT2D eigenvalue weighted by atomic mass is 16.5.